The van der Waals surface area contributed by atoms with E-state index in [0.717, 1.165) is 154 Å². The van der Waals surface area contributed by atoms with Crippen molar-refractivity contribution in [3.8, 4) is 0 Å². The molecule has 0 unspecified atom stereocenters. The van der Waals surface area contributed by atoms with Crippen molar-refractivity contribution in [3.05, 3.63) is 134 Å². The second-order valence-electron chi connectivity index (χ2n) is 17.7. The van der Waals surface area contributed by atoms with Crippen molar-refractivity contribution in [3.63, 3.8) is 0 Å². The fourth-order valence-electron chi connectivity index (χ4n) is 7.02. The van der Waals surface area contributed by atoms with Gasteiger partial charge in [0.15, 0.2) is 6.10 Å². The first kappa shape index (κ1) is 64.5. The van der Waals surface area contributed by atoms with Crippen molar-refractivity contribution in [1.29, 1.82) is 0 Å². The maximum atomic E-state index is 12.8. The van der Waals surface area contributed by atoms with E-state index in [4.69, 9.17) is 14.2 Å². The van der Waals surface area contributed by atoms with E-state index in [1.165, 1.54) is 25.7 Å². The van der Waals surface area contributed by atoms with E-state index in [0.29, 0.717) is 19.3 Å². The second kappa shape index (κ2) is 56.1. The SMILES string of the molecule is CC/C=C\C/C=C\C/C=C\C/C=C\C/C=C\CCCCCC(=O)O[C@@H](COC(=O)CCCCCC/C=C\C/C=C\C/C=C\CCCCC)COC(=O)CCCCCCC/C=C\C/C=C\C/C=C\CC. The van der Waals surface area contributed by atoms with Crippen molar-refractivity contribution >= 4 is 17.9 Å². The predicted molar refractivity (Wildman–Crippen MR) is 297 cm³/mol. The predicted octanol–water partition coefficient (Wildman–Crippen LogP) is 18.6. The summed E-state index contributed by atoms with van der Waals surface area (Å²) in [7, 11) is 0. The van der Waals surface area contributed by atoms with Crippen LogP contribution in [0.2, 0.25) is 0 Å². The third-order valence-corrected chi connectivity index (χ3v) is 11.1. The zero-order chi connectivity index (χ0) is 50.0. The number of carbonyl (C=O) groups is 3. The lowest BCUT2D eigenvalue weighted by Gasteiger charge is -2.18. The number of esters is 3. The maximum Gasteiger partial charge on any atom is 0.306 e. The molecule has 69 heavy (non-hydrogen) atoms. The highest BCUT2D eigenvalue weighted by atomic mass is 16.6. The molecule has 6 nitrogen and oxygen atoms in total. The Morgan fingerprint density at radius 3 is 0.899 bits per heavy atom. The Hall–Kier alpha value is -4.45. The highest BCUT2D eigenvalue weighted by Gasteiger charge is 2.19. The van der Waals surface area contributed by atoms with E-state index in [2.05, 4.69) is 154 Å². The fourth-order valence-corrected chi connectivity index (χ4v) is 7.02. The van der Waals surface area contributed by atoms with Gasteiger partial charge < -0.3 is 14.2 Å². The molecule has 0 heterocycles. The van der Waals surface area contributed by atoms with Gasteiger partial charge in [-0.3, -0.25) is 14.4 Å². The van der Waals surface area contributed by atoms with E-state index in [9.17, 15) is 14.4 Å². The van der Waals surface area contributed by atoms with E-state index in [1.807, 2.05) is 0 Å². The first-order valence-electron chi connectivity index (χ1n) is 27.7. The van der Waals surface area contributed by atoms with Gasteiger partial charge in [0.2, 0.25) is 0 Å². The summed E-state index contributed by atoms with van der Waals surface area (Å²) in [6.07, 6.45) is 78.6. The van der Waals surface area contributed by atoms with Crippen LogP contribution in [0.1, 0.15) is 226 Å². The maximum absolute atomic E-state index is 12.8. The zero-order valence-electron chi connectivity index (χ0n) is 44.3. The van der Waals surface area contributed by atoms with Crippen molar-refractivity contribution in [2.45, 2.75) is 232 Å². The Balaban J connectivity index is 4.55. The van der Waals surface area contributed by atoms with Crippen LogP contribution in [0.5, 0.6) is 0 Å². The molecule has 0 amide bonds. The van der Waals surface area contributed by atoms with Gasteiger partial charge in [0, 0.05) is 19.3 Å². The summed E-state index contributed by atoms with van der Waals surface area (Å²) >= 11 is 0. The van der Waals surface area contributed by atoms with Gasteiger partial charge in [0.25, 0.3) is 0 Å². The van der Waals surface area contributed by atoms with Gasteiger partial charge in [0.1, 0.15) is 13.2 Å². The normalized spacial score (nSPS) is 13.1. The summed E-state index contributed by atoms with van der Waals surface area (Å²) in [5.74, 6) is -0.989. The summed E-state index contributed by atoms with van der Waals surface area (Å²) in [4.78, 5) is 38.1. The highest BCUT2D eigenvalue weighted by Crippen LogP contribution is 2.12. The quantitative estimate of drug-likeness (QED) is 0.0262. The number of rotatable bonds is 48. The molecule has 0 rings (SSSR count). The summed E-state index contributed by atoms with van der Waals surface area (Å²) in [6, 6.07) is 0. The lowest BCUT2D eigenvalue weighted by atomic mass is 10.1. The molecule has 0 aliphatic heterocycles. The molecular weight excluding hydrogens is 853 g/mol. The molecule has 0 aromatic heterocycles. The molecule has 0 bridgehead atoms. The van der Waals surface area contributed by atoms with Crippen LogP contribution in [-0.4, -0.2) is 37.2 Å². The minimum Gasteiger partial charge on any atom is -0.462 e. The number of hydrogen-bond acceptors (Lipinski definition) is 6. The Labute approximate surface area is 424 Å². The zero-order valence-corrected chi connectivity index (χ0v) is 44.3. The van der Waals surface area contributed by atoms with Crippen LogP contribution in [-0.2, 0) is 28.6 Å². The lowest BCUT2D eigenvalue weighted by molar-refractivity contribution is -0.167. The third kappa shape index (κ3) is 54.4. The highest BCUT2D eigenvalue weighted by molar-refractivity contribution is 5.71. The van der Waals surface area contributed by atoms with Crippen LogP contribution in [0.4, 0.5) is 0 Å². The third-order valence-electron chi connectivity index (χ3n) is 11.1. The van der Waals surface area contributed by atoms with Crippen LogP contribution < -0.4 is 0 Å². The molecular formula is C63H100O6. The summed E-state index contributed by atoms with van der Waals surface area (Å²) in [5.41, 5.74) is 0. The van der Waals surface area contributed by atoms with Gasteiger partial charge in [0.05, 0.1) is 0 Å². The van der Waals surface area contributed by atoms with Crippen LogP contribution in [0.25, 0.3) is 0 Å². The Morgan fingerprint density at radius 2 is 0.565 bits per heavy atom. The molecule has 388 valence electrons. The summed E-state index contributed by atoms with van der Waals surface area (Å²) < 4.78 is 16.8. The van der Waals surface area contributed by atoms with Crippen molar-refractivity contribution in [1.82, 2.24) is 0 Å². The number of hydrogen-bond donors (Lipinski definition) is 0. The molecule has 0 aliphatic rings. The minimum absolute atomic E-state index is 0.113. The molecule has 0 N–H and O–H groups in total. The number of ether oxygens (including phenoxy) is 3. The van der Waals surface area contributed by atoms with Gasteiger partial charge in [-0.05, 0) is 135 Å². The molecule has 0 spiro atoms. The molecule has 0 fully saturated rings. The standard InChI is InChI=1S/C63H100O6/c1-4-7-10-13-16-19-22-25-28-30-31-33-36-39-42-45-48-51-54-57-63(66)69-60(58-67-61(64)55-52-49-46-43-40-37-34-27-24-21-18-15-12-9-6-3)59-68-62(65)56-53-50-47-44-41-38-35-32-29-26-23-20-17-14-11-8-5-2/h7,9-10,12,16-21,25-29,31,33-35,38-39,42,60H,4-6,8,11,13-15,22-24,30,32,36-37,40-41,43-59H2,1-3H3/b10-7-,12-9-,19-16-,20-17-,21-18-,28-25-,29-26-,33-31-,34-27-,38-35-,42-39-/t60-/m1/s1. The van der Waals surface area contributed by atoms with Crippen molar-refractivity contribution < 1.29 is 28.6 Å². The van der Waals surface area contributed by atoms with Gasteiger partial charge >= 0.3 is 17.9 Å². The van der Waals surface area contributed by atoms with Crippen LogP contribution in [0, 0.1) is 0 Å². The molecule has 1 atom stereocenters. The Morgan fingerprint density at radius 1 is 0.304 bits per heavy atom. The molecule has 6 heteroatoms. The monoisotopic (exact) mass is 953 g/mol. The van der Waals surface area contributed by atoms with Crippen molar-refractivity contribution in [2.75, 3.05) is 13.2 Å². The Kier molecular flexibility index (Phi) is 52.5. The number of carbonyl (C=O) groups excluding carboxylic acids is 3. The molecule has 0 saturated carbocycles. The number of unbranched alkanes of at least 4 members (excludes halogenated alkanes) is 15. The second-order valence-corrected chi connectivity index (χ2v) is 17.7. The lowest BCUT2D eigenvalue weighted by Crippen LogP contribution is -2.30. The molecule has 0 aromatic carbocycles. The molecule has 0 aromatic rings. The summed E-state index contributed by atoms with van der Waals surface area (Å²) in [6.45, 7) is 6.31. The fraction of sp³-hybridized carbons (Fsp3) is 0.603. The van der Waals surface area contributed by atoms with E-state index >= 15 is 0 Å². The Bertz CT molecular complexity index is 1510. The van der Waals surface area contributed by atoms with E-state index < -0.39 is 6.10 Å². The largest absolute Gasteiger partial charge is 0.462 e. The topological polar surface area (TPSA) is 78.9 Å². The van der Waals surface area contributed by atoms with E-state index in [1.54, 1.807) is 0 Å². The molecule has 0 saturated heterocycles. The van der Waals surface area contributed by atoms with Gasteiger partial charge in [-0.2, -0.15) is 0 Å². The summed E-state index contributed by atoms with van der Waals surface area (Å²) in [5, 5.41) is 0. The first-order chi connectivity index (χ1) is 34.0. The smallest absolute Gasteiger partial charge is 0.306 e. The van der Waals surface area contributed by atoms with Gasteiger partial charge in [-0.1, -0.05) is 206 Å². The van der Waals surface area contributed by atoms with Crippen LogP contribution in [0.15, 0.2) is 134 Å². The van der Waals surface area contributed by atoms with Crippen molar-refractivity contribution in [2.24, 2.45) is 0 Å². The average molecular weight is 953 g/mol. The van der Waals surface area contributed by atoms with Gasteiger partial charge in [-0.25, -0.2) is 0 Å². The number of allylic oxidation sites excluding steroid dienone is 22. The average Bonchev–Trinajstić information content (AvgIpc) is 3.35. The van der Waals surface area contributed by atoms with Crippen LogP contribution >= 0.6 is 0 Å². The molecule has 0 aliphatic carbocycles. The first-order valence-corrected chi connectivity index (χ1v) is 27.7. The molecule has 0 radical (unpaired) electrons. The van der Waals surface area contributed by atoms with E-state index in [-0.39, 0.29) is 37.5 Å². The van der Waals surface area contributed by atoms with Gasteiger partial charge in [-0.15, -0.1) is 0 Å². The minimum atomic E-state index is -0.818. The van der Waals surface area contributed by atoms with Crippen LogP contribution in [0.3, 0.4) is 0 Å².